The van der Waals surface area contributed by atoms with Gasteiger partial charge in [0.05, 0.1) is 11.6 Å². The molecule has 0 saturated carbocycles. The first kappa shape index (κ1) is 17.7. The molecule has 1 aromatic rings. The number of carbonyl (C=O) groups excluding carboxylic acids is 2. The molecular formula is C19H28N4O2. The quantitative estimate of drug-likeness (QED) is 0.851. The average molecular weight is 344 g/mol. The molecule has 25 heavy (non-hydrogen) atoms. The Kier molecular flexibility index (Phi) is 4.97. The molecule has 6 heteroatoms. The van der Waals surface area contributed by atoms with Crippen LogP contribution in [0.2, 0.25) is 0 Å². The molecule has 0 bridgehead atoms. The minimum Gasteiger partial charge on any atom is -0.351 e. The van der Waals surface area contributed by atoms with Crippen molar-refractivity contribution in [2.75, 3.05) is 13.6 Å². The number of imidazole rings is 1. The fourth-order valence-corrected chi connectivity index (χ4v) is 3.59. The van der Waals surface area contributed by atoms with E-state index in [1.807, 2.05) is 18.4 Å². The SMILES string of the molecule is CCN(C)C(=O)c1cnc2n1CC(NC(=O)C1(C)CC=CCC1)CC2. The van der Waals surface area contributed by atoms with Gasteiger partial charge in [-0.15, -0.1) is 0 Å². The lowest BCUT2D eigenvalue weighted by Gasteiger charge is -2.33. The number of hydrogen-bond acceptors (Lipinski definition) is 3. The summed E-state index contributed by atoms with van der Waals surface area (Å²) in [5.74, 6) is 1.05. The lowest BCUT2D eigenvalue weighted by molar-refractivity contribution is -0.131. The van der Waals surface area contributed by atoms with Gasteiger partial charge in [-0.05, 0) is 32.6 Å². The predicted octanol–water partition coefficient (Wildman–Crippen LogP) is 2.15. The smallest absolute Gasteiger partial charge is 0.271 e. The third-order valence-electron chi connectivity index (χ3n) is 5.58. The van der Waals surface area contributed by atoms with Crippen molar-refractivity contribution in [3.8, 4) is 0 Å². The summed E-state index contributed by atoms with van der Waals surface area (Å²) in [6.45, 7) is 5.27. The highest BCUT2D eigenvalue weighted by Crippen LogP contribution is 2.32. The number of aryl methyl sites for hydroxylation is 1. The Hall–Kier alpha value is -2.11. The summed E-state index contributed by atoms with van der Waals surface area (Å²) >= 11 is 0. The summed E-state index contributed by atoms with van der Waals surface area (Å²) in [5, 5.41) is 3.22. The van der Waals surface area contributed by atoms with Crippen molar-refractivity contribution in [2.24, 2.45) is 5.41 Å². The second-order valence-corrected chi connectivity index (χ2v) is 7.47. The van der Waals surface area contributed by atoms with Crippen molar-refractivity contribution >= 4 is 11.8 Å². The van der Waals surface area contributed by atoms with Crippen molar-refractivity contribution < 1.29 is 9.59 Å². The van der Waals surface area contributed by atoms with Crippen LogP contribution in [0.15, 0.2) is 18.3 Å². The van der Waals surface area contributed by atoms with Gasteiger partial charge < -0.3 is 14.8 Å². The minimum absolute atomic E-state index is 0.0161. The highest BCUT2D eigenvalue weighted by Gasteiger charge is 2.35. The molecule has 0 spiro atoms. The molecule has 6 nitrogen and oxygen atoms in total. The Morgan fingerprint density at radius 1 is 1.44 bits per heavy atom. The lowest BCUT2D eigenvalue weighted by Crippen LogP contribution is -2.48. The maximum absolute atomic E-state index is 12.8. The van der Waals surface area contributed by atoms with Crippen LogP contribution in [-0.4, -0.2) is 45.9 Å². The largest absolute Gasteiger partial charge is 0.351 e. The van der Waals surface area contributed by atoms with Gasteiger partial charge in [0.25, 0.3) is 5.91 Å². The Morgan fingerprint density at radius 3 is 2.92 bits per heavy atom. The van der Waals surface area contributed by atoms with E-state index in [0.717, 1.165) is 37.9 Å². The van der Waals surface area contributed by atoms with Crippen molar-refractivity contribution in [1.29, 1.82) is 0 Å². The molecule has 0 fully saturated rings. The number of nitrogens with zero attached hydrogens (tertiary/aromatic N) is 3. The first-order valence-electron chi connectivity index (χ1n) is 9.20. The van der Waals surface area contributed by atoms with E-state index in [-0.39, 0.29) is 23.3 Å². The summed E-state index contributed by atoms with van der Waals surface area (Å²) in [6, 6.07) is 0.0513. The molecule has 1 aromatic heterocycles. The molecule has 2 atom stereocenters. The van der Waals surface area contributed by atoms with Crippen LogP contribution in [-0.2, 0) is 17.8 Å². The Morgan fingerprint density at radius 2 is 2.24 bits per heavy atom. The van der Waals surface area contributed by atoms with E-state index in [1.165, 1.54) is 0 Å². The Balaban J connectivity index is 1.70. The molecule has 2 unspecified atom stereocenters. The Labute approximate surface area is 149 Å². The Bertz CT molecular complexity index is 694. The summed E-state index contributed by atoms with van der Waals surface area (Å²) in [5.41, 5.74) is 0.301. The van der Waals surface area contributed by atoms with Crippen LogP contribution >= 0.6 is 0 Å². The van der Waals surface area contributed by atoms with Crippen LogP contribution in [0, 0.1) is 5.41 Å². The summed E-state index contributed by atoms with van der Waals surface area (Å²) < 4.78 is 1.98. The first-order chi connectivity index (χ1) is 11.9. The van der Waals surface area contributed by atoms with E-state index in [1.54, 1.807) is 18.1 Å². The normalized spacial score (nSPS) is 25.3. The first-order valence-corrected chi connectivity index (χ1v) is 9.20. The number of nitrogens with one attached hydrogen (secondary N) is 1. The van der Waals surface area contributed by atoms with Gasteiger partial charge in [0.15, 0.2) is 0 Å². The van der Waals surface area contributed by atoms with E-state index in [9.17, 15) is 9.59 Å². The van der Waals surface area contributed by atoms with Gasteiger partial charge in [0.1, 0.15) is 11.5 Å². The zero-order chi connectivity index (χ0) is 18.0. The molecule has 1 N–H and O–H groups in total. The average Bonchev–Trinajstić information content (AvgIpc) is 3.04. The second kappa shape index (κ2) is 7.02. The van der Waals surface area contributed by atoms with Gasteiger partial charge in [-0.25, -0.2) is 4.98 Å². The molecule has 3 rings (SSSR count). The van der Waals surface area contributed by atoms with Crippen LogP contribution in [0.5, 0.6) is 0 Å². The van der Waals surface area contributed by atoms with E-state index in [4.69, 9.17) is 0 Å². The molecule has 2 heterocycles. The van der Waals surface area contributed by atoms with Crippen LogP contribution < -0.4 is 5.32 Å². The van der Waals surface area contributed by atoms with Crippen molar-refractivity contribution in [3.05, 3.63) is 29.9 Å². The van der Waals surface area contributed by atoms with Crippen LogP contribution in [0.1, 0.15) is 55.8 Å². The van der Waals surface area contributed by atoms with Gasteiger partial charge in [-0.2, -0.15) is 0 Å². The summed E-state index contributed by atoms with van der Waals surface area (Å²) in [7, 11) is 1.79. The van der Waals surface area contributed by atoms with Gasteiger partial charge >= 0.3 is 0 Å². The van der Waals surface area contributed by atoms with E-state index < -0.39 is 0 Å². The minimum atomic E-state index is -0.314. The number of fused-ring (bicyclic) bond motifs is 1. The fraction of sp³-hybridized carbons (Fsp3) is 0.632. The standard InChI is InChI=1S/C19H28N4O2/c1-4-22(3)17(24)15-12-20-16-9-8-14(13-23(15)16)21-18(25)19(2)10-6-5-7-11-19/h5-6,12,14H,4,7-11,13H2,1-3H3,(H,21,25). The molecule has 2 aliphatic rings. The number of amides is 2. The van der Waals surface area contributed by atoms with Crippen LogP contribution in [0.25, 0.3) is 0 Å². The molecule has 0 radical (unpaired) electrons. The molecule has 0 saturated heterocycles. The van der Waals surface area contributed by atoms with Gasteiger partial charge in [0.2, 0.25) is 5.91 Å². The topological polar surface area (TPSA) is 67.2 Å². The lowest BCUT2D eigenvalue weighted by atomic mass is 9.78. The fourth-order valence-electron chi connectivity index (χ4n) is 3.59. The molecule has 1 aliphatic heterocycles. The highest BCUT2D eigenvalue weighted by molar-refractivity contribution is 5.92. The number of aromatic nitrogens is 2. The van der Waals surface area contributed by atoms with Gasteiger partial charge in [0, 0.05) is 32.6 Å². The van der Waals surface area contributed by atoms with Crippen molar-refractivity contribution in [2.45, 2.75) is 58.5 Å². The predicted molar refractivity (Wildman–Crippen MR) is 96.2 cm³/mol. The molecular weight excluding hydrogens is 316 g/mol. The second-order valence-electron chi connectivity index (χ2n) is 7.47. The third-order valence-corrected chi connectivity index (χ3v) is 5.58. The molecule has 136 valence electrons. The number of rotatable bonds is 4. The van der Waals surface area contributed by atoms with Crippen molar-refractivity contribution in [3.63, 3.8) is 0 Å². The monoisotopic (exact) mass is 344 g/mol. The molecule has 2 amide bonds. The maximum atomic E-state index is 12.8. The van der Waals surface area contributed by atoms with Crippen molar-refractivity contribution in [1.82, 2.24) is 19.8 Å². The van der Waals surface area contributed by atoms with E-state index >= 15 is 0 Å². The summed E-state index contributed by atoms with van der Waals surface area (Å²) in [6.07, 6.45) is 10.2. The number of carbonyl (C=O) groups is 2. The summed E-state index contributed by atoms with van der Waals surface area (Å²) in [4.78, 5) is 31.4. The number of allylic oxidation sites excluding steroid dienone is 2. The highest BCUT2D eigenvalue weighted by atomic mass is 16.2. The third kappa shape index (κ3) is 3.48. The maximum Gasteiger partial charge on any atom is 0.271 e. The van der Waals surface area contributed by atoms with Crippen LogP contribution in [0.3, 0.4) is 0 Å². The molecule has 1 aliphatic carbocycles. The van der Waals surface area contributed by atoms with Gasteiger partial charge in [-0.3, -0.25) is 9.59 Å². The zero-order valence-electron chi connectivity index (χ0n) is 15.4. The van der Waals surface area contributed by atoms with Crippen LogP contribution in [0.4, 0.5) is 0 Å². The number of hydrogen-bond donors (Lipinski definition) is 1. The van der Waals surface area contributed by atoms with E-state index in [2.05, 4.69) is 22.5 Å². The van der Waals surface area contributed by atoms with E-state index in [0.29, 0.717) is 18.8 Å². The zero-order valence-corrected chi connectivity index (χ0v) is 15.4. The molecule has 0 aromatic carbocycles. The van der Waals surface area contributed by atoms with Gasteiger partial charge in [-0.1, -0.05) is 19.1 Å².